The van der Waals surface area contributed by atoms with Crippen molar-refractivity contribution >= 4 is 31.9 Å². The van der Waals surface area contributed by atoms with Crippen LogP contribution in [0.4, 0.5) is 0 Å². The molecule has 1 rings (SSSR count). The molecule has 0 aliphatic heterocycles. The first kappa shape index (κ1) is 12.2. The number of hydrogen-bond donors (Lipinski definition) is 1. The van der Waals surface area contributed by atoms with Crippen LogP contribution in [-0.2, 0) is 13.1 Å². The van der Waals surface area contributed by atoms with E-state index in [-0.39, 0.29) is 0 Å². The molecular formula is C9H15Br2N3. The lowest BCUT2D eigenvalue weighted by molar-refractivity contribution is 0.587. The Morgan fingerprint density at radius 3 is 2.79 bits per heavy atom. The topological polar surface area (TPSA) is 29.9 Å². The number of hydrogen-bond acceptors (Lipinski definition) is 2. The van der Waals surface area contributed by atoms with Crippen molar-refractivity contribution in [2.45, 2.75) is 26.9 Å². The van der Waals surface area contributed by atoms with Gasteiger partial charge >= 0.3 is 0 Å². The van der Waals surface area contributed by atoms with Gasteiger partial charge in [0.1, 0.15) is 0 Å². The summed E-state index contributed by atoms with van der Waals surface area (Å²) in [5.74, 6) is 0. The standard InChI is InChI=1S/C9H15Br2N3/c1-3-14-8(6-12-5-4-10)9(11)7(2)13-14/h12H,3-6H2,1-2H3. The zero-order valence-electron chi connectivity index (χ0n) is 8.48. The van der Waals surface area contributed by atoms with Crippen LogP contribution in [0.5, 0.6) is 0 Å². The van der Waals surface area contributed by atoms with Gasteiger partial charge in [-0.3, -0.25) is 4.68 Å². The van der Waals surface area contributed by atoms with Gasteiger partial charge in [0, 0.05) is 25.0 Å². The van der Waals surface area contributed by atoms with Crippen LogP contribution in [-0.4, -0.2) is 21.7 Å². The molecule has 0 amide bonds. The molecular weight excluding hydrogens is 310 g/mol. The normalized spacial score (nSPS) is 10.9. The van der Waals surface area contributed by atoms with Crippen molar-refractivity contribution in [2.75, 3.05) is 11.9 Å². The first-order chi connectivity index (χ1) is 6.70. The van der Waals surface area contributed by atoms with Crippen molar-refractivity contribution in [3.05, 3.63) is 15.9 Å². The molecule has 0 aliphatic carbocycles. The Morgan fingerprint density at radius 1 is 1.50 bits per heavy atom. The molecule has 1 aromatic heterocycles. The molecule has 0 unspecified atom stereocenters. The minimum Gasteiger partial charge on any atom is -0.310 e. The van der Waals surface area contributed by atoms with Gasteiger partial charge in [0.05, 0.1) is 15.9 Å². The molecule has 0 saturated carbocycles. The summed E-state index contributed by atoms with van der Waals surface area (Å²) in [4.78, 5) is 0. The SMILES string of the molecule is CCn1nc(C)c(Br)c1CNCCBr. The Hall–Kier alpha value is 0.130. The maximum absolute atomic E-state index is 4.43. The number of aromatic nitrogens is 2. The molecule has 5 heteroatoms. The molecule has 0 bridgehead atoms. The Morgan fingerprint density at radius 2 is 2.21 bits per heavy atom. The smallest absolute Gasteiger partial charge is 0.0739 e. The molecule has 0 fully saturated rings. The molecule has 0 atom stereocenters. The van der Waals surface area contributed by atoms with Crippen LogP contribution in [0.3, 0.4) is 0 Å². The highest BCUT2D eigenvalue weighted by Gasteiger charge is 2.10. The molecule has 0 radical (unpaired) electrons. The number of aryl methyl sites for hydroxylation is 2. The number of nitrogens with one attached hydrogen (secondary N) is 1. The molecule has 0 aliphatic rings. The lowest BCUT2D eigenvalue weighted by Crippen LogP contribution is -2.18. The third-order valence-corrected chi connectivity index (χ3v) is 3.44. The van der Waals surface area contributed by atoms with E-state index in [1.165, 1.54) is 5.69 Å². The van der Waals surface area contributed by atoms with E-state index in [1.54, 1.807) is 0 Å². The number of nitrogens with zero attached hydrogens (tertiary/aromatic N) is 2. The summed E-state index contributed by atoms with van der Waals surface area (Å²) in [5.41, 5.74) is 2.29. The first-order valence-electron chi connectivity index (χ1n) is 4.69. The fraction of sp³-hybridized carbons (Fsp3) is 0.667. The lowest BCUT2D eigenvalue weighted by atomic mass is 10.3. The van der Waals surface area contributed by atoms with Crippen molar-refractivity contribution in [1.29, 1.82) is 0 Å². The van der Waals surface area contributed by atoms with E-state index in [4.69, 9.17) is 0 Å². The van der Waals surface area contributed by atoms with Gasteiger partial charge in [-0.2, -0.15) is 5.10 Å². The van der Waals surface area contributed by atoms with Crippen LogP contribution in [0.25, 0.3) is 0 Å². The average molecular weight is 325 g/mol. The van der Waals surface area contributed by atoms with E-state index in [9.17, 15) is 0 Å². The quantitative estimate of drug-likeness (QED) is 0.666. The monoisotopic (exact) mass is 323 g/mol. The molecule has 14 heavy (non-hydrogen) atoms. The molecule has 0 aromatic carbocycles. The fourth-order valence-corrected chi connectivity index (χ4v) is 2.02. The Balaban J connectivity index is 2.72. The summed E-state index contributed by atoms with van der Waals surface area (Å²) < 4.78 is 3.15. The van der Waals surface area contributed by atoms with E-state index in [2.05, 4.69) is 49.2 Å². The third-order valence-electron chi connectivity index (χ3n) is 2.02. The average Bonchev–Trinajstić information content (AvgIpc) is 2.45. The van der Waals surface area contributed by atoms with Crippen LogP contribution < -0.4 is 5.32 Å². The van der Waals surface area contributed by atoms with Crippen LogP contribution >= 0.6 is 31.9 Å². The van der Waals surface area contributed by atoms with Gasteiger partial charge in [0.25, 0.3) is 0 Å². The Kier molecular flexibility index (Phi) is 5.12. The van der Waals surface area contributed by atoms with Crippen LogP contribution in [0.2, 0.25) is 0 Å². The number of halogens is 2. The molecule has 1 N–H and O–H groups in total. The Labute approximate surface area is 102 Å². The summed E-state index contributed by atoms with van der Waals surface area (Å²) in [6.07, 6.45) is 0. The van der Waals surface area contributed by atoms with E-state index in [0.29, 0.717) is 0 Å². The highest BCUT2D eigenvalue weighted by Crippen LogP contribution is 2.20. The lowest BCUT2D eigenvalue weighted by Gasteiger charge is -2.05. The van der Waals surface area contributed by atoms with E-state index < -0.39 is 0 Å². The van der Waals surface area contributed by atoms with Crippen LogP contribution in [0.1, 0.15) is 18.3 Å². The molecule has 0 spiro atoms. The van der Waals surface area contributed by atoms with Gasteiger partial charge in [-0.25, -0.2) is 0 Å². The van der Waals surface area contributed by atoms with Crippen molar-refractivity contribution in [2.24, 2.45) is 0 Å². The second-order valence-corrected chi connectivity index (χ2v) is 4.61. The van der Waals surface area contributed by atoms with Gasteiger partial charge < -0.3 is 5.32 Å². The van der Waals surface area contributed by atoms with Gasteiger partial charge in [-0.15, -0.1) is 0 Å². The molecule has 1 heterocycles. The van der Waals surface area contributed by atoms with Gasteiger partial charge in [-0.1, -0.05) is 15.9 Å². The summed E-state index contributed by atoms with van der Waals surface area (Å²) in [7, 11) is 0. The van der Waals surface area contributed by atoms with E-state index in [1.807, 2.05) is 11.6 Å². The maximum atomic E-state index is 4.43. The minimum atomic E-state index is 0.862. The largest absolute Gasteiger partial charge is 0.310 e. The summed E-state index contributed by atoms with van der Waals surface area (Å²) >= 11 is 6.94. The minimum absolute atomic E-state index is 0.862. The number of rotatable bonds is 5. The predicted octanol–water partition coefficient (Wildman–Crippen LogP) is 2.46. The van der Waals surface area contributed by atoms with Crippen molar-refractivity contribution in [1.82, 2.24) is 15.1 Å². The van der Waals surface area contributed by atoms with Crippen LogP contribution in [0, 0.1) is 6.92 Å². The van der Waals surface area contributed by atoms with Gasteiger partial charge in [-0.05, 0) is 29.8 Å². The fourth-order valence-electron chi connectivity index (χ4n) is 1.31. The zero-order chi connectivity index (χ0) is 10.6. The second-order valence-electron chi connectivity index (χ2n) is 3.03. The van der Waals surface area contributed by atoms with Gasteiger partial charge in [0.15, 0.2) is 0 Å². The van der Waals surface area contributed by atoms with E-state index in [0.717, 1.165) is 35.1 Å². The molecule has 0 saturated heterocycles. The number of alkyl halides is 1. The highest BCUT2D eigenvalue weighted by molar-refractivity contribution is 9.10. The van der Waals surface area contributed by atoms with Gasteiger partial charge in [0.2, 0.25) is 0 Å². The first-order valence-corrected chi connectivity index (χ1v) is 6.60. The molecule has 80 valence electrons. The summed E-state index contributed by atoms with van der Waals surface area (Å²) in [5, 5.41) is 8.74. The van der Waals surface area contributed by atoms with E-state index >= 15 is 0 Å². The predicted molar refractivity (Wildman–Crippen MR) is 65.8 cm³/mol. The summed E-state index contributed by atoms with van der Waals surface area (Å²) in [6.45, 7) is 6.87. The van der Waals surface area contributed by atoms with Crippen molar-refractivity contribution < 1.29 is 0 Å². The van der Waals surface area contributed by atoms with Crippen molar-refractivity contribution in [3.8, 4) is 0 Å². The third kappa shape index (κ3) is 2.81. The maximum Gasteiger partial charge on any atom is 0.0739 e. The second kappa shape index (κ2) is 5.88. The Bertz CT molecular complexity index is 296. The van der Waals surface area contributed by atoms with Crippen molar-refractivity contribution in [3.63, 3.8) is 0 Å². The summed E-state index contributed by atoms with van der Waals surface area (Å²) in [6, 6.07) is 0. The zero-order valence-corrected chi connectivity index (χ0v) is 11.7. The molecule has 1 aromatic rings. The molecule has 3 nitrogen and oxygen atoms in total. The van der Waals surface area contributed by atoms with Crippen LogP contribution in [0.15, 0.2) is 4.47 Å². The highest BCUT2D eigenvalue weighted by atomic mass is 79.9.